The van der Waals surface area contributed by atoms with Crippen LogP contribution in [0.3, 0.4) is 0 Å². The first-order valence-electron chi connectivity index (χ1n) is 6.14. The van der Waals surface area contributed by atoms with Gasteiger partial charge in [0.25, 0.3) is 0 Å². The molecule has 0 fully saturated rings. The van der Waals surface area contributed by atoms with Crippen LogP contribution in [0.15, 0.2) is 12.5 Å². The second-order valence-corrected chi connectivity index (χ2v) is 4.02. The first-order valence-corrected chi connectivity index (χ1v) is 6.14. The van der Waals surface area contributed by atoms with E-state index in [0.29, 0.717) is 0 Å². The number of rotatable bonds is 8. The number of aliphatic hydroxyl groups is 1. The standard InChI is InChI=1S/C12H23N3O/c1-3-6-15-11-13-9-12(15)10-14(4-2)7-5-8-16/h9,11,16H,3-8,10H2,1-2H3. The topological polar surface area (TPSA) is 41.3 Å². The van der Waals surface area contributed by atoms with Crippen molar-refractivity contribution in [3.8, 4) is 0 Å². The Hall–Kier alpha value is -0.870. The molecule has 1 aromatic rings. The lowest BCUT2D eigenvalue weighted by molar-refractivity contribution is 0.222. The first-order chi connectivity index (χ1) is 7.81. The maximum absolute atomic E-state index is 8.83. The van der Waals surface area contributed by atoms with Crippen LogP contribution in [0.5, 0.6) is 0 Å². The highest BCUT2D eigenvalue weighted by Crippen LogP contribution is 2.06. The molecule has 92 valence electrons. The molecule has 0 atom stereocenters. The highest BCUT2D eigenvalue weighted by Gasteiger charge is 2.07. The van der Waals surface area contributed by atoms with Gasteiger partial charge in [-0.05, 0) is 19.4 Å². The van der Waals surface area contributed by atoms with E-state index in [4.69, 9.17) is 5.11 Å². The molecule has 1 rings (SSSR count). The van der Waals surface area contributed by atoms with E-state index in [2.05, 4.69) is 28.3 Å². The van der Waals surface area contributed by atoms with Crippen LogP contribution in [-0.2, 0) is 13.1 Å². The molecule has 4 heteroatoms. The molecule has 0 aliphatic heterocycles. The molecule has 0 aromatic carbocycles. The average molecular weight is 225 g/mol. The van der Waals surface area contributed by atoms with E-state index >= 15 is 0 Å². The maximum Gasteiger partial charge on any atom is 0.0948 e. The Bertz CT molecular complexity index is 286. The fourth-order valence-corrected chi connectivity index (χ4v) is 1.79. The van der Waals surface area contributed by atoms with Crippen LogP contribution in [0.4, 0.5) is 0 Å². The van der Waals surface area contributed by atoms with Gasteiger partial charge < -0.3 is 9.67 Å². The molecule has 1 heterocycles. The number of hydrogen-bond acceptors (Lipinski definition) is 3. The lowest BCUT2D eigenvalue weighted by Gasteiger charge is -2.20. The average Bonchev–Trinajstić information content (AvgIpc) is 2.72. The van der Waals surface area contributed by atoms with Gasteiger partial charge in [-0.3, -0.25) is 4.90 Å². The monoisotopic (exact) mass is 225 g/mol. The van der Waals surface area contributed by atoms with Crippen LogP contribution in [0.25, 0.3) is 0 Å². The second-order valence-electron chi connectivity index (χ2n) is 4.02. The van der Waals surface area contributed by atoms with E-state index in [9.17, 15) is 0 Å². The summed E-state index contributed by atoms with van der Waals surface area (Å²) in [6.45, 7) is 8.51. The number of imidazole rings is 1. The summed E-state index contributed by atoms with van der Waals surface area (Å²) in [5, 5.41) is 8.83. The van der Waals surface area contributed by atoms with Gasteiger partial charge in [0.05, 0.1) is 12.0 Å². The summed E-state index contributed by atoms with van der Waals surface area (Å²) in [4.78, 5) is 6.53. The molecule has 16 heavy (non-hydrogen) atoms. The Kier molecular flexibility index (Phi) is 6.11. The third-order valence-corrected chi connectivity index (χ3v) is 2.73. The minimum absolute atomic E-state index is 0.269. The molecule has 1 N–H and O–H groups in total. The molecular formula is C12H23N3O. The quantitative estimate of drug-likeness (QED) is 0.729. The van der Waals surface area contributed by atoms with E-state index in [-0.39, 0.29) is 6.61 Å². The van der Waals surface area contributed by atoms with Gasteiger partial charge in [-0.15, -0.1) is 0 Å². The van der Waals surface area contributed by atoms with Crippen molar-refractivity contribution in [1.82, 2.24) is 14.5 Å². The predicted molar refractivity (Wildman–Crippen MR) is 65.2 cm³/mol. The number of hydrogen-bond donors (Lipinski definition) is 1. The van der Waals surface area contributed by atoms with Crippen LogP contribution in [-0.4, -0.2) is 39.3 Å². The Morgan fingerprint density at radius 2 is 2.25 bits per heavy atom. The molecule has 0 unspecified atom stereocenters. The number of aryl methyl sites for hydroxylation is 1. The normalized spacial score (nSPS) is 11.2. The van der Waals surface area contributed by atoms with Crippen molar-refractivity contribution in [2.45, 2.75) is 39.8 Å². The second kappa shape index (κ2) is 7.41. The summed E-state index contributed by atoms with van der Waals surface area (Å²) in [6.07, 6.45) is 5.82. The van der Waals surface area contributed by atoms with Crippen LogP contribution in [0, 0.1) is 0 Å². The summed E-state index contributed by atoms with van der Waals surface area (Å²) in [5.41, 5.74) is 1.27. The molecule has 0 saturated heterocycles. The van der Waals surface area contributed by atoms with Crippen molar-refractivity contribution in [2.24, 2.45) is 0 Å². The Labute approximate surface area is 97.9 Å². The zero-order valence-electron chi connectivity index (χ0n) is 10.4. The van der Waals surface area contributed by atoms with E-state index in [1.807, 2.05) is 12.5 Å². The molecule has 1 aromatic heterocycles. The van der Waals surface area contributed by atoms with Crippen LogP contribution in [0.1, 0.15) is 32.4 Å². The highest BCUT2D eigenvalue weighted by atomic mass is 16.3. The largest absolute Gasteiger partial charge is 0.396 e. The van der Waals surface area contributed by atoms with Crippen LogP contribution >= 0.6 is 0 Å². The SMILES string of the molecule is CCCn1cncc1CN(CC)CCCO. The lowest BCUT2D eigenvalue weighted by atomic mass is 10.3. The minimum Gasteiger partial charge on any atom is -0.396 e. The van der Waals surface area contributed by atoms with Crippen LogP contribution < -0.4 is 0 Å². The summed E-state index contributed by atoms with van der Waals surface area (Å²) < 4.78 is 2.21. The van der Waals surface area contributed by atoms with Gasteiger partial charge in [-0.2, -0.15) is 0 Å². The third-order valence-electron chi connectivity index (χ3n) is 2.73. The van der Waals surface area contributed by atoms with E-state index in [0.717, 1.165) is 39.0 Å². The number of aliphatic hydroxyl groups excluding tert-OH is 1. The minimum atomic E-state index is 0.269. The summed E-state index contributed by atoms with van der Waals surface area (Å²) in [5.74, 6) is 0. The molecule has 0 amide bonds. The van der Waals surface area contributed by atoms with Crippen LogP contribution in [0.2, 0.25) is 0 Å². The zero-order valence-corrected chi connectivity index (χ0v) is 10.4. The van der Waals surface area contributed by atoms with E-state index in [1.54, 1.807) is 0 Å². The Morgan fingerprint density at radius 3 is 2.88 bits per heavy atom. The van der Waals surface area contributed by atoms with Gasteiger partial charge in [0.15, 0.2) is 0 Å². The fourth-order valence-electron chi connectivity index (χ4n) is 1.79. The van der Waals surface area contributed by atoms with Gasteiger partial charge in [0, 0.05) is 32.4 Å². The van der Waals surface area contributed by atoms with Gasteiger partial charge >= 0.3 is 0 Å². The van der Waals surface area contributed by atoms with E-state index in [1.165, 1.54) is 5.69 Å². The van der Waals surface area contributed by atoms with Gasteiger partial charge in [-0.1, -0.05) is 13.8 Å². The highest BCUT2D eigenvalue weighted by molar-refractivity contribution is 4.98. The summed E-state index contributed by atoms with van der Waals surface area (Å²) >= 11 is 0. The smallest absolute Gasteiger partial charge is 0.0948 e. The molecule has 0 aliphatic rings. The molecule has 0 saturated carbocycles. The van der Waals surface area contributed by atoms with Crippen molar-refractivity contribution in [2.75, 3.05) is 19.7 Å². The molecule has 0 radical (unpaired) electrons. The summed E-state index contributed by atoms with van der Waals surface area (Å²) in [6, 6.07) is 0. The van der Waals surface area contributed by atoms with Crippen molar-refractivity contribution < 1.29 is 5.11 Å². The van der Waals surface area contributed by atoms with Crippen molar-refractivity contribution >= 4 is 0 Å². The molecule has 4 nitrogen and oxygen atoms in total. The Morgan fingerprint density at radius 1 is 1.44 bits per heavy atom. The van der Waals surface area contributed by atoms with Crippen molar-refractivity contribution in [3.63, 3.8) is 0 Å². The molecule has 0 bridgehead atoms. The zero-order chi connectivity index (χ0) is 11.8. The van der Waals surface area contributed by atoms with Crippen molar-refractivity contribution in [3.05, 3.63) is 18.2 Å². The fraction of sp³-hybridized carbons (Fsp3) is 0.750. The first kappa shape index (κ1) is 13.2. The third kappa shape index (κ3) is 3.94. The Balaban J connectivity index is 2.51. The predicted octanol–water partition coefficient (Wildman–Crippen LogP) is 1.50. The van der Waals surface area contributed by atoms with Crippen molar-refractivity contribution in [1.29, 1.82) is 0 Å². The van der Waals surface area contributed by atoms with Gasteiger partial charge in [-0.25, -0.2) is 4.98 Å². The molecule has 0 spiro atoms. The lowest BCUT2D eigenvalue weighted by Crippen LogP contribution is -2.26. The van der Waals surface area contributed by atoms with Gasteiger partial charge in [0.2, 0.25) is 0 Å². The van der Waals surface area contributed by atoms with Gasteiger partial charge in [0.1, 0.15) is 0 Å². The molecular weight excluding hydrogens is 202 g/mol. The molecule has 0 aliphatic carbocycles. The summed E-state index contributed by atoms with van der Waals surface area (Å²) in [7, 11) is 0. The number of aromatic nitrogens is 2. The number of nitrogens with zero attached hydrogens (tertiary/aromatic N) is 3. The maximum atomic E-state index is 8.83. The van der Waals surface area contributed by atoms with E-state index < -0.39 is 0 Å².